The zero-order valence-electron chi connectivity index (χ0n) is 18.7. The Hall–Kier alpha value is -2.86. The Morgan fingerprint density at radius 2 is 1.77 bits per heavy atom. The van der Waals surface area contributed by atoms with Gasteiger partial charge in [-0.05, 0) is 23.5 Å². The number of nitrogens with zero attached hydrogens (tertiary/aromatic N) is 3. The Morgan fingerprint density at radius 3 is 2.39 bits per heavy atom. The number of hydrogen-bond donors (Lipinski definition) is 1. The summed E-state index contributed by atoms with van der Waals surface area (Å²) in [6.45, 7) is 13.6. The molecule has 0 saturated carbocycles. The fourth-order valence-electron chi connectivity index (χ4n) is 3.11. The molecule has 5 nitrogen and oxygen atoms in total. The van der Waals surface area contributed by atoms with E-state index in [1.54, 1.807) is 0 Å². The third kappa shape index (κ3) is 6.07. The van der Waals surface area contributed by atoms with E-state index in [1.807, 2.05) is 41.8 Å². The topological polar surface area (TPSA) is 59.8 Å². The van der Waals surface area contributed by atoms with Crippen LogP contribution in [0.15, 0.2) is 66.3 Å². The van der Waals surface area contributed by atoms with Crippen LogP contribution in [0.25, 0.3) is 11.4 Å². The second kappa shape index (κ2) is 9.96. The van der Waals surface area contributed by atoms with Crippen LogP contribution in [0.3, 0.4) is 0 Å². The van der Waals surface area contributed by atoms with Gasteiger partial charge in [0.1, 0.15) is 0 Å². The van der Waals surface area contributed by atoms with Crippen molar-refractivity contribution in [2.45, 2.75) is 51.4 Å². The molecule has 0 saturated heterocycles. The smallest absolute Gasteiger partial charge is 0.230 e. The lowest BCUT2D eigenvalue weighted by Crippen LogP contribution is -2.24. The molecule has 31 heavy (non-hydrogen) atoms. The van der Waals surface area contributed by atoms with Gasteiger partial charge in [-0.2, -0.15) is 0 Å². The minimum atomic E-state index is -0.0326. The molecule has 1 N–H and O–H groups in total. The summed E-state index contributed by atoms with van der Waals surface area (Å²) in [6.07, 6.45) is 1.82. The van der Waals surface area contributed by atoms with Gasteiger partial charge in [0, 0.05) is 18.7 Å². The predicted octanol–water partition coefficient (Wildman–Crippen LogP) is 5.15. The maximum absolute atomic E-state index is 12.3. The molecule has 1 amide bonds. The highest BCUT2D eigenvalue weighted by Crippen LogP contribution is 2.27. The van der Waals surface area contributed by atoms with Gasteiger partial charge in [0.25, 0.3) is 0 Å². The number of nitrogens with one attached hydrogen (secondary N) is 1. The van der Waals surface area contributed by atoms with Gasteiger partial charge < -0.3 is 5.32 Å². The quantitative estimate of drug-likeness (QED) is 0.394. The van der Waals surface area contributed by atoms with E-state index >= 15 is 0 Å². The fraction of sp³-hybridized carbons (Fsp3) is 0.320. The summed E-state index contributed by atoms with van der Waals surface area (Å²) >= 11 is 1.39. The molecule has 0 unspecified atom stereocenters. The van der Waals surface area contributed by atoms with E-state index in [0.717, 1.165) is 17.0 Å². The van der Waals surface area contributed by atoms with E-state index in [-0.39, 0.29) is 17.1 Å². The number of rotatable bonds is 8. The zero-order chi connectivity index (χ0) is 22.4. The summed E-state index contributed by atoms with van der Waals surface area (Å²) in [5, 5.41) is 12.4. The lowest BCUT2D eigenvalue weighted by Gasteiger charge is -2.19. The Balaban J connectivity index is 1.66. The molecule has 0 aliphatic carbocycles. The van der Waals surface area contributed by atoms with Gasteiger partial charge in [-0.1, -0.05) is 92.7 Å². The summed E-state index contributed by atoms with van der Waals surface area (Å²) in [7, 11) is 0. The largest absolute Gasteiger partial charge is 0.351 e. The lowest BCUT2D eigenvalue weighted by atomic mass is 9.87. The Labute approximate surface area is 189 Å². The molecular weight excluding hydrogens is 404 g/mol. The van der Waals surface area contributed by atoms with Crippen LogP contribution in [0, 0.1) is 6.92 Å². The van der Waals surface area contributed by atoms with E-state index < -0.39 is 0 Å². The molecule has 0 spiro atoms. The van der Waals surface area contributed by atoms with Gasteiger partial charge in [-0.15, -0.1) is 16.8 Å². The third-order valence-corrected chi connectivity index (χ3v) is 5.95. The highest BCUT2D eigenvalue weighted by molar-refractivity contribution is 7.99. The molecule has 1 aromatic heterocycles. The SMILES string of the molecule is C=CCn1c(SCC(=O)NCc2ccc(C)cc2)nnc1-c1ccc(C(C)(C)C)cc1. The Bertz CT molecular complexity index is 1030. The maximum atomic E-state index is 12.3. The summed E-state index contributed by atoms with van der Waals surface area (Å²) in [4.78, 5) is 12.3. The monoisotopic (exact) mass is 434 g/mol. The minimum Gasteiger partial charge on any atom is -0.351 e. The van der Waals surface area contributed by atoms with Crippen LogP contribution < -0.4 is 5.32 Å². The average Bonchev–Trinajstić information content (AvgIpc) is 3.14. The number of aryl methyl sites for hydroxylation is 1. The van der Waals surface area contributed by atoms with Gasteiger partial charge in [0.15, 0.2) is 11.0 Å². The van der Waals surface area contributed by atoms with Crippen molar-refractivity contribution < 1.29 is 4.79 Å². The molecule has 3 rings (SSSR count). The first-order valence-electron chi connectivity index (χ1n) is 10.4. The van der Waals surface area contributed by atoms with Crippen LogP contribution in [0.5, 0.6) is 0 Å². The molecule has 0 bridgehead atoms. The number of aromatic nitrogens is 3. The summed E-state index contributed by atoms with van der Waals surface area (Å²) in [5.74, 6) is 1.03. The molecule has 0 radical (unpaired) electrons. The number of thioether (sulfide) groups is 1. The van der Waals surface area contributed by atoms with Crippen molar-refractivity contribution in [1.82, 2.24) is 20.1 Å². The van der Waals surface area contributed by atoms with Crippen molar-refractivity contribution in [2.75, 3.05) is 5.75 Å². The van der Waals surface area contributed by atoms with Crippen LogP contribution in [-0.4, -0.2) is 26.4 Å². The maximum Gasteiger partial charge on any atom is 0.230 e. The number of carbonyl (C=O) groups excluding carboxylic acids is 1. The molecular formula is C25H30N4OS. The summed E-state index contributed by atoms with van der Waals surface area (Å²) < 4.78 is 2.00. The van der Waals surface area contributed by atoms with Crippen molar-refractivity contribution in [2.24, 2.45) is 0 Å². The highest BCUT2D eigenvalue weighted by Gasteiger charge is 2.17. The van der Waals surface area contributed by atoms with Gasteiger partial charge in [0.2, 0.25) is 5.91 Å². The molecule has 1 heterocycles. The minimum absolute atomic E-state index is 0.0326. The molecule has 3 aromatic rings. The van der Waals surface area contributed by atoms with Gasteiger partial charge >= 0.3 is 0 Å². The molecule has 162 valence electrons. The van der Waals surface area contributed by atoms with Crippen molar-refractivity contribution >= 4 is 17.7 Å². The van der Waals surface area contributed by atoms with Crippen molar-refractivity contribution in [3.05, 3.63) is 77.9 Å². The van der Waals surface area contributed by atoms with Crippen molar-refractivity contribution in [3.63, 3.8) is 0 Å². The second-order valence-electron chi connectivity index (χ2n) is 8.58. The van der Waals surface area contributed by atoms with Crippen LogP contribution in [-0.2, 0) is 23.3 Å². The van der Waals surface area contributed by atoms with E-state index in [0.29, 0.717) is 18.2 Å². The van der Waals surface area contributed by atoms with E-state index in [9.17, 15) is 4.79 Å². The highest BCUT2D eigenvalue weighted by atomic mass is 32.2. The molecule has 0 atom stereocenters. The summed E-state index contributed by atoms with van der Waals surface area (Å²) in [5.41, 5.74) is 4.65. The van der Waals surface area contributed by atoms with Crippen LogP contribution in [0.1, 0.15) is 37.5 Å². The first-order chi connectivity index (χ1) is 14.8. The first-order valence-corrected chi connectivity index (χ1v) is 11.4. The second-order valence-corrected chi connectivity index (χ2v) is 9.53. The number of allylic oxidation sites excluding steroid dienone is 1. The molecule has 0 fully saturated rings. The number of benzene rings is 2. The van der Waals surface area contributed by atoms with Crippen LogP contribution >= 0.6 is 11.8 Å². The van der Waals surface area contributed by atoms with Gasteiger partial charge in [-0.3, -0.25) is 9.36 Å². The molecule has 0 aliphatic heterocycles. The van der Waals surface area contributed by atoms with Crippen LogP contribution in [0.2, 0.25) is 0 Å². The van der Waals surface area contributed by atoms with Crippen molar-refractivity contribution in [1.29, 1.82) is 0 Å². The standard InChI is InChI=1S/C25H30N4OS/c1-6-15-29-23(20-11-13-21(14-12-20)25(3,4)5)27-28-24(29)31-17-22(30)26-16-19-9-7-18(2)8-10-19/h6-14H,1,15-17H2,2-5H3,(H,26,30). The number of hydrogen-bond acceptors (Lipinski definition) is 4. The first kappa shape index (κ1) is 22.8. The van der Waals surface area contributed by atoms with Gasteiger partial charge in [0.05, 0.1) is 5.75 Å². The third-order valence-electron chi connectivity index (χ3n) is 4.98. The number of carbonyl (C=O) groups is 1. The normalized spacial score (nSPS) is 11.4. The Kier molecular flexibility index (Phi) is 7.33. The lowest BCUT2D eigenvalue weighted by molar-refractivity contribution is -0.118. The van der Waals surface area contributed by atoms with Crippen LogP contribution in [0.4, 0.5) is 0 Å². The van der Waals surface area contributed by atoms with E-state index in [4.69, 9.17) is 0 Å². The van der Waals surface area contributed by atoms with E-state index in [1.165, 1.54) is 22.9 Å². The summed E-state index contributed by atoms with van der Waals surface area (Å²) in [6, 6.07) is 16.6. The molecule has 0 aliphatic rings. The number of amides is 1. The fourth-order valence-corrected chi connectivity index (χ4v) is 3.89. The van der Waals surface area contributed by atoms with E-state index in [2.05, 4.69) is 67.1 Å². The zero-order valence-corrected chi connectivity index (χ0v) is 19.5. The predicted molar refractivity (Wildman–Crippen MR) is 128 cm³/mol. The van der Waals surface area contributed by atoms with Gasteiger partial charge in [-0.25, -0.2) is 0 Å². The van der Waals surface area contributed by atoms with Crippen molar-refractivity contribution in [3.8, 4) is 11.4 Å². The average molecular weight is 435 g/mol. The Morgan fingerprint density at radius 1 is 1.10 bits per heavy atom. The molecule has 6 heteroatoms. The molecule has 2 aromatic carbocycles.